The first-order valence-corrected chi connectivity index (χ1v) is 8.05. The molecule has 0 aromatic rings. The lowest BCUT2D eigenvalue weighted by atomic mass is 9.93. The summed E-state index contributed by atoms with van der Waals surface area (Å²) in [5.74, 6) is -0.843. The summed E-state index contributed by atoms with van der Waals surface area (Å²) in [5.41, 5.74) is 0.891. The van der Waals surface area contributed by atoms with Gasteiger partial charge in [-0.2, -0.15) is 0 Å². The summed E-state index contributed by atoms with van der Waals surface area (Å²) < 4.78 is 0. The molecule has 3 N–H and O–H groups in total. The highest BCUT2D eigenvalue weighted by molar-refractivity contribution is 5.76. The summed E-state index contributed by atoms with van der Waals surface area (Å²) in [6.45, 7) is 0.626. The van der Waals surface area contributed by atoms with Gasteiger partial charge in [-0.15, -0.1) is 0 Å². The highest BCUT2D eigenvalue weighted by Crippen LogP contribution is 2.32. The Bertz CT molecular complexity index is 412. The fourth-order valence-corrected chi connectivity index (χ4v) is 3.44. The average Bonchev–Trinajstić information content (AvgIpc) is 2.87. The third-order valence-corrected chi connectivity index (χ3v) is 4.55. The van der Waals surface area contributed by atoms with Crippen molar-refractivity contribution >= 4 is 12.0 Å². The number of rotatable bonds is 6. The number of hydrogen-bond donors (Lipinski definition) is 3. The molecule has 0 unspecified atom stereocenters. The second kappa shape index (κ2) is 7.48. The zero-order valence-electron chi connectivity index (χ0n) is 12.6. The van der Waals surface area contributed by atoms with E-state index < -0.39 is 11.5 Å². The third-order valence-electron chi connectivity index (χ3n) is 4.55. The Hall–Kier alpha value is -1.52. The van der Waals surface area contributed by atoms with Crippen LogP contribution in [0.4, 0.5) is 4.79 Å². The average molecular weight is 294 g/mol. The number of urea groups is 1. The number of nitrogens with one attached hydrogen (secondary N) is 2. The van der Waals surface area contributed by atoms with Crippen LogP contribution in [0.25, 0.3) is 0 Å². The molecule has 0 bridgehead atoms. The van der Waals surface area contributed by atoms with Gasteiger partial charge in [0.05, 0.1) is 12.0 Å². The van der Waals surface area contributed by atoms with Crippen molar-refractivity contribution in [2.45, 2.75) is 69.7 Å². The molecule has 2 rings (SSSR count). The van der Waals surface area contributed by atoms with E-state index in [1.165, 1.54) is 18.4 Å². The maximum Gasteiger partial charge on any atom is 0.315 e. The predicted octanol–water partition coefficient (Wildman–Crippen LogP) is 2.96. The molecule has 21 heavy (non-hydrogen) atoms. The smallest absolute Gasteiger partial charge is 0.315 e. The van der Waals surface area contributed by atoms with Crippen molar-refractivity contribution < 1.29 is 14.7 Å². The van der Waals surface area contributed by atoms with Crippen LogP contribution >= 0.6 is 0 Å². The van der Waals surface area contributed by atoms with Gasteiger partial charge < -0.3 is 15.7 Å². The first-order valence-electron chi connectivity index (χ1n) is 8.05. The first-order chi connectivity index (χ1) is 10.1. The Labute approximate surface area is 126 Å². The van der Waals surface area contributed by atoms with Gasteiger partial charge in [0, 0.05) is 6.54 Å². The number of carboxylic acid groups (broad SMARTS) is 1. The number of allylic oxidation sites excluding steroid dienone is 1. The normalized spacial score (nSPS) is 20.7. The van der Waals surface area contributed by atoms with Gasteiger partial charge in [0.1, 0.15) is 0 Å². The molecule has 0 radical (unpaired) electrons. The predicted molar refractivity (Wildman–Crippen MR) is 81.2 cm³/mol. The van der Waals surface area contributed by atoms with Gasteiger partial charge in [0.2, 0.25) is 0 Å². The molecule has 1 fully saturated rings. The largest absolute Gasteiger partial charge is 0.481 e. The number of carbonyl (C=O) groups excluding carboxylic acids is 1. The molecule has 5 nitrogen and oxygen atoms in total. The molecule has 0 heterocycles. The summed E-state index contributed by atoms with van der Waals surface area (Å²) in [6.07, 6.45) is 11.5. The van der Waals surface area contributed by atoms with Crippen molar-refractivity contribution in [2.75, 3.05) is 6.54 Å². The molecule has 5 heteroatoms. The number of carboxylic acids is 1. The molecule has 1 saturated carbocycles. The van der Waals surface area contributed by atoms with Gasteiger partial charge in [-0.3, -0.25) is 4.79 Å². The van der Waals surface area contributed by atoms with Crippen LogP contribution in [0.3, 0.4) is 0 Å². The van der Waals surface area contributed by atoms with Crippen LogP contribution in [-0.2, 0) is 4.79 Å². The highest BCUT2D eigenvalue weighted by atomic mass is 16.4. The maximum atomic E-state index is 12.0. The summed E-state index contributed by atoms with van der Waals surface area (Å²) in [5, 5.41) is 14.8. The monoisotopic (exact) mass is 294 g/mol. The van der Waals surface area contributed by atoms with Crippen LogP contribution in [0.5, 0.6) is 0 Å². The molecular formula is C16H26N2O3. The standard InChI is InChI=1S/C16H26N2O3/c19-14(20)12-16(9-4-5-10-16)18-15(21)17-11-8-13-6-2-1-3-7-13/h6H,1-5,7-12H2,(H,19,20)(H2,17,18,21). The lowest BCUT2D eigenvalue weighted by molar-refractivity contribution is -0.138. The second-order valence-corrected chi connectivity index (χ2v) is 6.30. The van der Waals surface area contributed by atoms with Gasteiger partial charge in [-0.05, 0) is 44.9 Å². The van der Waals surface area contributed by atoms with E-state index in [4.69, 9.17) is 5.11 Å². The Morgan fingerprint density at radius 1 is 1.19 bits per heavy atom. The fourth-order valence-electron chi connectivity index (χ4n) is 3.44. The van der Waals surface area contributed by atoms with E-state index >= 15 is 0 Å². The molecule has 2 amide bonds. The number of amides is 2. The number of carbonyl (C=O) groups is 2. The third kappa shape index (κ3) is 5.06. The Morgan fingerprint density at radius 2 is 1.95 bits per heavy atom. The quantitative estimate of drug-likeness (QED) is 0.659. The summed E-state index contributed by atoms with van der Waals surface area (Å²) in [6, 6.07) is -0.227. The van der Waals surface area contributed by atoms with Crippen molar-refractivity contribution in [1.82, 2.24) is 10.6 Å². The van der Waals surface area contributed by atoms with Crippen molar-refractivity contribution in [2.24, 2.45) is 0 Å². The molecule has 0 atom stereocenters. The van der Waals surface area contributed by atoms with Crippen LogP contribution in [0.1, 0.15) is 64.2 Å². The number of aliphatic carboxylic acids is 1. The van der Waals surface area contributed by atoms with E-state index in [0.29, 0.717) is 6.54 Å². The van der Waals surface area contributed by atoms with Crippen molar-refractivity contribution in [3.63, 3.8) is 0 Å². The van der Waals surface area contributed by atoms with E-state index in [9.17, 15) is 9.59 Å². The van der Waals surface area contributed by atoms with Gasteiger partial charge in [-0.1, -0.05) is 24.5 Å². The highest BCUT2D eigenvalue weighted by Gasteiger charge is 2.37. The fraction of sp³-hybridized carbons (Fsp3) is 0.750. The van der Waals surface area contributed by atoms with Crippen molar-refractivity contribution in [1.29, 1.82) is 0 Å². The lowest BCUT2D eigenvalue weighted by Crippen LogP contribution is -2.51. The lowest BCUT2D eigenvalue weighted by Gasteiger charge is -2.28. The Kier molecular flexibility index (Phi) is 5.65. The summed E-state index contributed by atoms with van der Waals surface area (Å²) >= 11 is 0. The molecule has 2 aliphatic rings. The van der Waals surface area contributed by atoms with Crippen LogP contribution in [0.15, 0.2) is 11.6 Å². The summed E-state index contributed by atoms with van der Waals surface area (Å²) in [7, 11) is 0. The first kappa shape index (κ1) is 15.9. The zero-order valence-corrected chi connectivity index (χ0v) is 12.6. The molecule has 2 aliphatic carbocycles. The zero-order chi connectivity index (χ0) is 15.1. The maximum absolute atomic E-state index is 12.0. The molecule has 0 aromatic carbocycles. The van der Waals surface area contributed by atoms with E-state index in [1.54, 1.807) is 0 Å². The minimum atomic E-state index is -0.843. The van der Waals surface area contributed by atoms with E-state index in [0.717, 1.165) is 44.9 Å². The molecule has 0 saturated heterocycles. The van der Waals surface area contributed by atoms with Gasteiger partial charge in [0.15, 0.2) is 0 Å². The van der Waals surface area contributed by atoms with Crippen LogP contribution in [0, 0.1) is 0 Å². The Morgan fingerprint density at radius 3 is 2.57 bits per heavy atom. The SMILES string of the molecule is O=C(O)CC1(NC(=O)NCCC2=CCCCC2)CCCC1. The minimum Gasteiger partial charge on any atom is -0.481 e. The number of hydrogen-bond acceptors (Lipinski definition) is 2. The van der Waals surface area contributed by atoms with Crippen LogP contribution < -0.4 is 10.6 Å². The van der Waals surface area contributed by atoms with E-state index in [-0.39, 0.29) is 12.5 Å². The van der Waals surface area contributed by atoms with Gasteiger partial charge in [0.25, 0.3) is 0 Å². The second-order valence-electron chi connectivity index (χ2n) is 6.30. The van der Waals surface area contributed by atoms with Crippen LogP contribution in [-0.4, -0.2) is 29.2 Å². The van der Waals surface area contributed by atoms with Gasteiger partial charge in [-0.25, -0.2) is 4.79 Å². The van der Waals surface area contributed by atoms with Crippen molar-refractivity contribution in [3.05, 3.63) is 11.6 Å². The van der Waals surface area contributed by atoms with Crippen LogP contribution in [0.2, 0.25) is 0 Å². The molecule has 0 aromatic heterocycles. The van der Waals surface area contributed by atoms with E-state index in [2.05, 4.69) is 16.7 Å². The molecule has 0 aliphatic heterocycles. The molecule has 118 valence electrons. The minimum absolute atomic E-state index is 0.0194. The molecular weight excluding hydrogens is 268 g/mol. The van der Waals surface area contributed by atoms with Crippen molar-refractivity contribution in [3.8, 4) is 0 Å². The topological polar surface area (TPSA) is 78.4 Å². The summed E-state index contributed by atoms with van der Waals surface area (Å²) in [4.78, 5) is 23.0. The van der Waals surface area contributed by atoms with E-state index in [1.807, 2.05) is 0 Å². The Balaban J connectivity index is 1.74. The van der Waals surface area contributed by atoms with Gasteiger partial charge >= 0.3 is 12.0 Å². The molecule has 0 spiro atoms.